The molecule has 1 atom stereocenters. The highest BCUT2D eigenvalue weighted by Crippen LogP contribution is 2.24. The third-order valence-electron chi connectivity index (χ3n) is 6.24. The van der Waals surface area contributed by atoms with Crippen LogP contribution in [-0.4, -0.2) is 40.6 Å². The van der Waals surface area contributed by atoms with Gasteiger partial charge < -0.3 is 10.6 Å². The van der Waals surface area contributed by atoms with E-state index >= 15 is 0 Å². The predicted molar refractivity (Wildman–Crippen MR) is 130 cm³/mol. The van der Waals surface area contributed by atoms with Crippen molar-refractivity contribution < 1.29 is 19.2 Å². The zero-order valence-electron chi connectivity index (χ0n) is 19.1. The fourth-order valence-corrected chi connectivity index (χ4v) is 4.21. The molecule has 1 aliphatic carbocycles. The van der Waals surface area contributed by atoms with Crippen LogP contribution in [0.1, 0.15) is 55.0 Å². The number of nitrogens with zero attached hydrogens (tertiary/aromatic N) is 1. The van der Waals surface area contributed by atoms with E-state index in [2.05, 4.69) is 10.6 Å². The second-order valence-electron chi connectivity index (χ2n) is 8.94. The molecule has 2 N–H and O–H groups in total. The molecule has 0 saturated heterocycles. The molecule has 3 aromatic carbocycles. The number of fused-ring (bicyclic) bond motifs is 1. The maximum atomic E-state index is 13.1. The van der Waals surface area contributed by atoms with Crippen LogP contribution < -0.4 is 10.6 Å². The molecule has 35 heavy (non-hydrogen) atoms. The first-order valence-corrected chi connectivity index (χ1v) is 11.7. The third-order valence-corrected chi connectivity index (χ3v) is 6.24. The monoisotopic (exact) mass is 467 g/mol. The van der Waals surface area contributed by atoms with Crippen molar-refractivity contribution in [1.29, 1.82) is 0 Å². The SMILES string of the molecule is O=C(NC(Cc1ccccc1)C(=O)NC1CC1)c1cccc(CN2C(=O)c3ccccc3C2=O)c1. The second kappa shape index (κ2) is 9.54. The van der Waals surface area contributed by atoms with Gasteiger partial charge in [0.1, 0.15) is 6.04 Å². The predicted octanol–water partition coefficient (Wildman–Crippen LogP) is 3.10. The molecule has 5 rings (SSSR count). The fourth-order valence-electron chi connectivity index (χ4n) is 4.21. The maximum Gasteiger partial charge on any atom is 0.261 e. The van der Waals surface area contributed by atoms with Gasteiger partial charge in [0.2, 0.25) is 5.91 Å². The van der Waals surface area contributed by atoms with E-state index < -0.39 is 6.04 Å². The Balaban J connectivity index is 1.30. The highest BCUT2D eigenvalue weighted by Gasteiger charge is 2.35. The molecule has 1 fully saturated rings. The summed E-state index contributed by atoms with van der Waals surface area (Å²) in [6.07, 6.45) is 2.29. The average Bonchev–Trinajstić information content (AvgIpc) is 3.67. The summed E-state index contributed by atoms with van der Waals surface area (Å²) in [5.74, 6) is -1.28. The van der Waals surface area contributed by atoms with Gasteiger partial charge in [-0.25, -0.2) is 0 Å². The summed E-state index contributed by atoms with van der Waals surface area (Å²) < 4.78 is 0. The van der Waals surface area contributed by atoms with E-state index in [4.69, 9.17) is 0 Å². The number of carbonyl (C=O) groups excluding carboxylic acids is 4. The molecule has 3 aromatic rings. The van der Waals surface area contributed by atoms with Crippen LogP contribution in [0.3, 0.4) is 0 Å². The first-order valence-electron chi connectivity index (χ1n) is 11.7. The van der Waals surface area contributed by atoms with Gasteiger partial charge in [0.15, 0.2) is 0 Å². The Morgan fingerprint density at radius 3 is 2.11 bits per heavy atom. The first-order chi connectivity index (χ1) is 17.0. The van der Waals surface area contributed by atoms with Crippen molar-refractivity contribution >= 4 is 23.6 Å². The summed E-state index contributed by atoms with van der Waals surface area (Å²) >= 11 is 0. The van der Waals surface area contributed by atoms with Crippen LogP contribution >= 0.6 is 0 Å². The lowest BCUT2D eigenvalue weighted by molar-refractivity contribution is -0.123. The van der Waals surface area contributed by atoms with Crippen LogP contribution in [0.15, 0.2) is 78.9 Å². The lowest BCUT2D eigenvalue weighted by atomic mass is 10.0. The minimum Gasteiger partial charge on any atom is -0.352 e. The van der Waals surface area contributed by atoms with Crippen molar-refractivity contribution in [3.05, 3.63) is 107 Å². The summed E-state index contributed by atoms with van der Waals surface area (Å²) in [6, 6.07) is 22.5. The molecule has 176 valence electrons. The van der Waals surface area contributed by atoms with Gasteiger partial charge in [-0.3, -0.25) is 24.1 Å². The van der Waals surface area contributed by atoms with E-state index in [1.807, 2.05) is 30.3 Å². The quantitative estimate of drug-likeness (QED) is 0.498. The van der Waals surface area contributed by atoms with Crippen LogP contribution in [-0.2, 0) is 17.8 Å². The Morgan fingerprint density at radius 1 is 0.829 bits per heavy atom. The molecule has 7 heteroatoms. The molecule has 1 saturated carbocycles. The van der Waals surface area contributed by atoms with E-state index in [1.54, 1.807) is 48.5 Å². The minimum absolute atomic E-state index is 0.0586. The second-order valence-corrected chi connectivity index (χ2v) is 8.94. The lowest BCUT2D eigenvalue weighted by Gasteiger charge is -2.19. The van der Waals surface area contributed by atoms with Gasteiger partial charge in [0, 0.05) is 18.0 Å². The van der Waals surface area contributed by atoms with E-state index in [-0.39, 0.29) is 36.2 Å². The summed E-state index contributed by atoms with van der Waals surface area (Å²) in [4.78, 5) is 52.5. The number of hydrogen-bond acceptors (Lipinski definition) is 4. The molecule has 4 amide bonds. The zero-order valence-corrected chi connectivity index (χ0v) is 19.1. The van der Waals surface area contributed by atoms with E-state index in [1.165, 1.54) is 4.90 Å². The van der Waals surface area contributed by atoms with Gasteiger partial charge in [-0.2, -0.15) is 0 Å². The molecule has 0 radical (unpaired) electrons. The van der Waals surface area contributed by atoms with E-state index in [0.29, 0.717) is 28.7 Å². The molecule has 0 bridgehead atoms. The standard InChI is InChI=1S/C28H25N3O4/c32-25(30-24(26(33)29-21-13-14-21)16-18-7-2-1-3-8-18)20-10-6-9-19(15-20)17-31-27(34)22-11-4-5-12-23(22)28(31)35/h1-12,15,21,24H,13-14,16-17H2,(H,29,33)(H,30,32). The van der Waals surface area contributed by atoms with Crippen LogP contribution in [0.25, 0.3) is 0 Å². The van der Waals surface area contributed by atoms with Gasteiger partial charge in [0.05, 0.1) is 17.7 Å². The van der Waals surface area contributed by atoms with Crippen LogP contribution in [0.2, 0.25) is 0 Å². The molecule has 0 aromatic heterocycles. The van der Waals surface area contributed by atoms with Gasteiger partial charge in [-0.15, -0.1) is 0 Å². The average molecular weight is 468 g/mol. The molecule has 1 heterocycles. The van der Waals surface area contributed by atoms with Crippen LogP contribution in [0.5, 0.6) is 0 Å². The molecule has 2 aliphatic rings. The van der Waals surface area contributed by atoms with E-state index in [0.717, 1.165) is 18.4 Å². The topological polar surface area (TPSA) is 95.6 Å². The zero-order chi connectivity index (χ0) is 24.4. The van der Waals surface area contributed by atoms with Crippen molar-refractivity contribution in [2.24, 2.45) is 0 Å². The van der Waals surface area contributed by atoms with Gasteiger partial charge in [-0.1, -0.05) is 54.6 Å². The Labute approximate surface area is 203 Å². The number of benzene rings is 3. The van der Waals surface area contributed by atoms with Crippen molar-refractivity contribution in [2.45, 2.75) is 37.9 Å². The van der Waals surface area contributed by atoms with Crippen LogP contribution in [0.4, 0.5) is 0 Å². The fraction of sp³-hybridized carbons (Fsp3) is 0.214. The Hall–Kier alpha value is -4.26. The number of nitrogens with one attached hydrogen (secondary N) is 2. The largest absolute Gasteiger partial charge is 0.352 e. The molecular weight excluding hydrogens is 442 g/mol. The van der Waals surface area contributed by atoms with Gasteiger partial charge in [-0.05, 0) is 48.2 Å². The molecule has 0 spiro atoms. The number of amides is 4. The number of rotatable bonds is 8. The van der Waals surface area contributed by atoms with Crippen molar-refractivity contribution in [3.63, 3.8) is 0 Å². The first kappa shape index (κ1) is 22.5. The number of hydrogen-bond donors (Lipinski definition) is 2. The Morgan fingerprint density at radius 2 is 1.46 bits per heavy atom. The van der Waals surface area contributed by atoms with Crippen molar-refractivity contribution in [1.82, 2.24) is 15.5 Å². The molecular formula is C28H25N3O4. The van der Waals surface area contributed by atoms with Crippen molar-refractivity contribution in [3.8, 4) is 0 Å². The Bertz CT molecular complexity index is 1270. The molecule has 7 nitrogen and oxygen atoms in total. The van der Waals surface area contributed by atoms with Gasteiger partial charge in [0.25, 0.3) is 17.7 Å². The molecule has 1 aliphatic heterocycles. The summed E-state index contributed by atoms with van der Waals surface area (Å²) in [6.45, 7) is 0.0586. The van der Waals surface area contributed by atoms with Gasteiger partial charge >= 0.3 is 0 Å². The number of imide groups is 1. The lowest BCUT2D eigenvalue weighted by Crippen LogP contribution is -2.48. The third kappa shape index (κ3) is 4.99. The smallest absolute Gasteiger partial charge is 0.261 e. The maximum absolute atomic E-state index is 13.1. The summed E-state index contributed by atoms with van der Waals surface area (Å²) in [5.41, 5.74) is 2.72. The van der Waals surface area contributed by atoms with E-state index in [9.17, 15) is 19.2 Å². The summed E-state index contributed by atoms with van der Waals surface area (Å²) in [5, 5.41) is 5.84. The van der Waals surface area contributed by atoms with Crippen LogP contribution in [0, 0.1) is 0 Å². The normalized spacial score (nSPS) is 15.5. The highest BCUT2D eigenvalue weighted by molar-refractivity contribution is 6.21. The highest BCUT2D eigenvalue weighted by atomic mass is 16.2. The van der Waals surface area contributed by atoms with Crippen molar-refractivity contribution in [2.75, 3.05) is 0 Å². The number of carbonyl (C=O) groups is 4. The minimum atomic E-state index is -0.717. The summed E-state index contributed by atoms with van der Waals surface area (Å²) in [7, 11) is 0. The molecule has 1 unspecified atom stereocenters. The Kier molecular flexibility index (Phi) is 6.14.